The second-order valence-electron chi connectivity index (χ2n) is 4.84. The second-order valence-corrected chi connectivity index (χ2v) is 4.84. The van der Waals surface area contributed by atoms with Crippen LogP contribution in [0.3, 0.4) is 0 Å². The standard InChI is InChI=1S/C18H25NO5/c1-4-7-13-24-16(19-14-11-9-8-10-12-14)15(17(20)22-5-2)18(21)23-6-3/h8-12,19H,4-7,13H2,1-3H3. The van der Waals surface area contributed by atoms with E-state index in [0.29, 0.717) is 12.3 Å². The molecule has 1 rings (SSSR count). The Morgan fingerprint density at radius 3 is 2.00 bits per heavy atom. The van der Waals surface area contributed by atoms with Crippen molar-refractivity contribution >= 4 is 17.6 Å². The van der Waals surface area contributed by atoms with Gasteiger partial charge in [-0.1, -0.05) is 31.5 Å². The molecule has 0 atom stereocenters. The van der Waals surface area contributed by atoms with Crippen LogP contribution in [0.1, 0.15) is 33.6 Å². The van der Waals surface area contributed by atoms with Crippen molar-refractivity contribution in [2.24, 2.45) is 0 Å². The van der Waals surface area contributed by atoms with Crippen molar-refractivity contribution in [1.29, 1.82) is 0 Å². The van der Waals surface area contributed by atoms with E-state index in [0.717, 1.165) is 12.8 Å². The third kappa shape index (κ3) is 6.32. The van der Waals surface area contributed by atoms with Crippen LogP contribution in [0.2, 0.25) is 0 Å². The van der Waals surface area contributed by atoms with Gasteiger partial charge in [-0.05, 0) is 32.4 Å². The maximum atomic E-state index is 12.2. The van der Waals surface area contributed by atoms with Crippen LogP contribution in [0, 0.1) is 0 Å². The quantitative estimate of drug-likeness (QED) is 0.177. The number of carbonyl (C=O) groups is 2. The molecular formula is C18H25NO5. The van der Waals surface area contributed by atoms with E-state index in [2.05, 4.69) is 5.32 Å². The summed E-state index contributed by atoms with van der Waals surface area (Å²) in [4.78, 5) is 24.4. The summed E-state index contributed by atoms with van der Waals surface area (Å²) < 4.78 is 15.6. The minimum Gasteiger partial charge on any atom is -0.478 e. The Hall–Kier alpha value is -2.50. The highest BCUT2D eigenvalue weighted by Crippen LogP contribution is 2.16. The molecule has 0 aromatic heterocycles. The molecule has 24 heavy (non-hydrogen) atoms. The van der Waals surface area contributed by atoms with Crippen LogP contribution < -0.4 is 5.32 Å². The van der Waals surface area contributed by atoms with E-state index in [4.69, 9.17) is 14.2 Å². The van der Waals surface area contributed by atoms with E-state index in [-0.39, 0.29) is 24.7 Å². The molecule has 0 bridgehead atoms. The first-order valence-electron chi connectivity index (χ1n) is 8.17. The highest BCUT2D eigenvalue weighted by Gasteiger charge is 2.28. The number of unbranched alkanes of at least 4 members (excludes halogenated alkanes) is 1. The second kappa shape index (κ2) is 11.1. The van der Waals surface area contributed by atoms with Crippen molar-refractivity contribution in [3.63, 3.8) is 0 Å². The Morgan fingerprint density at radius 2 is 1.50 bits per heavy atom. The molecule has 1 N–H and O–H groups in total. The van der Waals surface area contributed by atoms with Gasteiger partial charge in [0.2, 0.25) is 11.5 Å². The van der Waals surface area contributed by atoms with Gasteiger partial charge in [-0.3, -0.25) is 0 Å². The molecule has 0 unspecified atom stereocenters. The number of nitrogens with one attached hydrogen (secondary N) is 1. The lowest BCUT2D eigenvalue weighted by atomic mass is 10.2. The predicted octanol–water partition coefficient (Wildman–Crippen LogP) is 3.25. The Balaban J connectivity index is 3.18. The van der Waals surface area contributed by atoms with E-state index >= 15 is 0 Å². The number of esters is 2. The molecule has 1 aromatic carbocycles. The van der Waals surface area contributed by atoms with Gasteiger partial charge in [-0.2, -0.15) is 0 Å². The molecule has 0 saturated carbocycles. The van der Waals surface area contributed by atoms with Gasteiger partial charge in [-0.25, -0.2) is 9.59 Å². The fourth-order valence-corrected chi connectivity index (χ4v) is 1.82. The molecule has 0 aliphatic carbocycles. The van der Waals surface area contributed by atoms with Crippen LogP contribution >= 0.6 is 0 Å². The lowest BCUT2D eigenvalue weighted by Gasteiger charge is -2.16. The predicted molar refractivity (Wildman–Crippen MR) is 91.2 cm³/mol. The topological polar surface area (TPSA) is 73.9 Å². The number of para-hydroxylation sites is 1. The molecule has 0 radical (unpaired) electrons. The number of anilines is 1. The van der Waals surface area contributed by atoms with Crippen LogP contribution in [0.5, 0.6) is 0 Å². The normalized spacial score (nSPS) is 9.79. The third-order valence-electron chi connectivity index (χ3n) is 2.96. The number of carbonyl (C=O) groups excluding carboxylic acids is 2. The molecule has 132 valence electrons. The van der Waals surface area contributed by atoms with Gasteiger partial charge >= 0.3 is 11.9 Å². The lowest BCUT2D eigenvalue weighted by Crippen LogP contribution is -2.24. The Kier molecular flexibility index (Phi) is 9.04. The summed E-state index contributed by atoms with van der Waals surface area (Å²) in [7, 11) is 0. The maximum Gasteiger partial charge on any atom is 0.351 e. The summed E-state index contributed by atoms with van der Waals surface area (Å²) in [5, 5.41) is 2.97. The molecule has 0 saturated heterocycles. The van der Waals surface area contributed by atoms with Gasteiger partial charge in [0.05, 0.1) is 19.8 Å². The van der Waals surface area contributed by atoms with E-state index in [1.54, 1.807) is 26.0 Å². The summed E-state index contributed by atoms with van der Waals surface area (Å²) in [6, 6.07) is 9.14. The average Bonchev–Trinajstić information content (AvgIpc) is 2.56. The van der Waals surface area contributed by atoms with Gasteiger partial charge in [0.25, 0.3) is 0 Å². The number of rotatable bonds is 10. The Labute approximate surface area is 142 Å². The zero-order valence-electron chi connectivity index (χ0n) is 14.5. The van der Waals surface area contributed by atoms with Gasteiger partial charge in [0.1, 0.15) is 0 Å². The van der Waals surface area contributed by atoms with Crippen LogP contribution in [0.4, 0.5) is 5.69 Å². The highest BCUT2D eigenvalue weighted by atomic mass is 16.6. The van der Waals surface area contributed by atoms with Crippen molar-refractivity contribution < 1.29 is 23.8 Å². The molecule has 0 fully saturated rings. The molecule has 1 aromatic rings. The lowest BCUT2D eigenvalue weighted by molar-refractivity contribution is -0.147. The zero-order chi connectivity index (χ0) is 17.8. The summed E-state index contributed by atoms with van der Waals surface area (Å²) in [6.45, 7) is 6.03. The molecule has 0 aliphatic heterocycles. The summed E-state index contributed by atoms with van der Waals surface area (Å²) in [6.07, 6.45) is 1.71. The van der Waals surface area contributed by atoms with Gasteiger partial charge in [0.15, 0.2) is 0 Å². The molecule has 0 aliphatic rings. The number of benzene rings is 1. The van der Waals surface area contributed by atoms with Crippen molar-refractivity contribution in [2.75, 3.05) is 25.1 Å². The van der Waals surface area contributed by atoms with E-state index in [1.807, 2.05) is 25.1 Å². The monoisotopic (exact) mass is 335 g/mol. The van der Waals surface area contributed by atoms with Gasteiger partial charge < -0.3 is 19.5 Å². The average molecular weight is 335 g/mol. The first kappa shape index (κ1) is 19.5. The highest BCUT2D eigenvalue weighted by molar-refractivity contribution is 6.14. The largest absolute Gasteiger partial charge is 0.478 e. The van der Waals surface area contributed by atoms with Crippen molar-refractivity contribution in [1.82, 2.24) is 0 Å². The summed E-state index contributed by atoms with van der Waals surface area (Å²) >= 11 is 0. The number of ether oxygens (including phenoxy) is 3. The summed E-state index contributed by atoms with van der Waals surface area (Å²) in [5.74, 6) is -1.50. The van der Waals surface area contributed by atoms with Crippen molar-refractivity contribution in [3.8, 4) is 0 Å². The third-order valence-corrected chi connectivity index (χ3v) is 2.96. The fraction of sp³-hybridized carbons (Fsp3) is 0.444. The molecule has 0 spiro atoms. The zero-order valence-corrected chi connectivity index (χ0v) is 14.5. The molecule has 6 heteroatoms. The van der Waals surface area contributed by atoms with Crippen LogP contribution in [-0.2, 0) is 23.8 Å². The first-order valence-corrected chi connectivity index (χ1v) is 8.17. The van der Waals surface area contributed by atoms with Crippen LogP contribution in [0.15, 0.2) is 41.8 Å². The number of hydrogen-bond donors (Lipinski definition) is 1. The molecule has 6 nitrogen and oxygen atoms in total. The van der Waals surface area contributed by atoms with E-state index < -0.39 is 11.9 Å². The minimum atomic E-state index is -0.772. The first-order chi connectivity index (χ1) is 11.6. The molecule has 0 heterocycles. The van der Waals surface area contributed by atoms with Crippen LogP contribution in [0.25, 0.3) is 0 Å². The molecular weight excluding hydrogens is 310 g/mol. The van der Waals surface area contributed by atoms with E-state index in [1.165, 1.54) is 0 Å². The smallest absolute Gasteiger partial charge is 0.351 e. The van der Waals surface area contributed by atoms with Gasteiger partial charge in [0, 0.05) is 5.69 Å². The van der Waals surface area contributed by atoms with Crippen LogP contribution in [-0.4, -0.2) is 31.8 Å². The van der Waals surface area contributed by atoms with Crippen molar-refractivity contribution in [2.45, 2.75) is 33.6 Å². The van der Waals surface area contributed by atoms with Crippen molar-refractivity contribution in [3.05, 3.63) is 41.8 Å². The fourth-order valence-electron chi connectivity index (χ4n) is 1.82. The Morgan fingerprint density at radius 1 is 0.917 bits per heavy atom. The minimum absolute atomic E-state index is 0.0477. The SMILES string of the molecule is CCCCOC(Nc1ccccc1)=C(C(=O)OCC)C(=O)OCC. The van der Waals surface area contributed by atoms with E-state index in [9.17, 15) is 9.59 Å². The molecule has 0 amide bonds. The maximum absolute atomic E-state index is 12.2. The summed E-state index contributed by atoms with van der Waals surface area (Å²) in [5.41, 5.74) is 0.425. The Bertz CT molecular complexity index is 534. The number of hydrogen-bond acceptors (Lipinski definition) is 6. The van der Waals surface area contributed by atoms with Gasteiger partial charge in [-0.15, -0.1) is 0 Å².